The van der Waals surface area contributed by atoms with Crippen molar-refractivity contribution >= 4 is 7.12 Å². The molecule has 2 aliphatic rings. The molecule has 2 rings (SSSR count). The standard InChI is InChI=1S/C14H30BN3O2/c1-3-18-11-13(14(2,16)12-18)5-4-6-15-19-9-7-17-8-10-20-15/h13,17H,3-12,16H2,1-2H3. The molecule has 2 aliphatic heterocycles. The van der Waals surface area contributed by atoms with Crippen LogP contribution in [0.3, 0.4) is 0 Å². The van der Waals surface area contributed by atoms with Gasteiger partial charge >= 0.3 is 7.12 Å². The Balaban J connectivity index is 1.69. The number of nitrogens with zero attached hydrogens (tertiary/aromatic N) is 1. The highest BCUT2D eigenvalue weighted by Gasteiger charge is 2.38. The summed E-state index contributed by atoms with van der Waals surface area (Å²) in [7, 11) is -0.0233. The zero-order valence-corrected chi connectivity index (χ0v) is 13.1. The van der Waals surface area contributed by atoms with E-state index >= 15 is 0 Å². The molecule has 116 valence electrons. The molecular formula is C14H30BN3O2. The van der Waals surface area contributed by atoms with Gasteiger partial charge in [-0.05, 0) is 32.1 Å². The molecule has 0 saturated carbocycles. The van der Waals surface area contributed by atoms with Crippen LogP contribution in [-0.4, -0.2) is 63.5 Å². The number of nitrogens with two attached hydrogens (primary N) is 1. The van der Waals surface area contributed by atoms with E-state index in [-0.39, 0.29) is 12.7 Å². The third-order valence-corrected chi connectivity index (χ3v) is 4.58. The molecule has 2 heterocycles. The van der Waals surface area contributed by atoms with Gasteiger partial charge in [0.15, 0.2) is 0 Å². The van der Waals surface area contributed by atoms with Gasteiger partial charge in [-0.25, -0.2) is 0 Å². The van der Waals surface area contributed by atoms with Crippen LogP contribution in [-0.2, 0) is 9.31 Å². The first-order chi connectivity index (χ1) is 9.62. The van der Waals surface area contributed by atoms with E-state index in [0.717, 1.165) is 58.7 Å². The summed E-state index contributed by atoms with van der Waals surface area (Å²) in [5.41, 5.74) is 6.40. The molecule has 0 radical (unpaired) electrons. The molecule has 0 spiro atoms. The molecule has 0 aliphatic carbocycles. The molecule has 2 saturated heterocycles. The lowest BCUT2D eigenvalue weighted by molar-refractivity contribution is 0.176. The van der Waals surface area contributed by atoms with Crippen LogP contribution < -0.4 is 11.1 Å². The van der Waals surface area contributed by atoms with Crippen LogP contribution in [0.25, 0.3) is 0 Å². The van der Waals surface area contributed by atoms with Crippen LogP contribution in [0.1, 0.15) is 26.7 Å². The van der Waals surface area contributed by atoms with E-state index in [0.29, 0.717) is 5.92 Å². The van der Waals surface area contributed by atoms with Crippen molar-refractivity contribution in [2.24, 2.45) is 11.7 Å². The SMILES string of the molecule is CCN1CC(CCCB2OCCNCCO2)C(C)(N)C1. The molecule has 2 unspecified atom stereocenters. The van der Waals surface area contributed by atoms with Gasteiger partial charge in [-0.15, -0.1) is 0 Å². The van der Waals surface area contributed by atoms with Crippen LogP contribution in [0.5, 0.6) is 0 Å². The van der Waals surface area contributed by atoms with Crippen molar-refractivity contribution in [3.05, 3.63) is 0 Å². The summed E-state index contributed by atoms with van der Waals surface area (Å²) in [5.74, 6) is 0.595. The number of likely N-dealkylation sites (tertiary alicyclic amines) is 1. The van der Waals surface area contributed by atoms with E-state index < -0.39 is 0 Å². The van der Waals surface area contributed by atoms with Crippen molar-refractivity contribution in [2.45, 2.75) is 38.5 Å². The molecule has 0 aromatic heterocycles. The van der Waals surface area contributed by atoms with Crippen molar-refractivity contribution < 1.29 is 9.31 Å². The fourth-order valence-electron chi connectivity index (χ4n) is 3.25. The highest BCUT2D eigenvalue weighted by Crippen LogP contribution is 2.29. The van der Waals surface area contributed by atoms with Gasteiger partial charge in [-0.2, -0.15) is 0 Å². The molecule has 20 heavy (non-hydrogen) atoms. The van der Waals surface area contributed by atoms with E-state index in [1.807, 2.05) is 0 Å². The highest BCUT2D eigenvalue weighted by atomic mass is 16.6. The Bertz CT molecular complexity index is 284. The summed E-state index contributed by atoms with van der Waals surface area (Å²) in [6.45, 7) is 11.0. The van der Waals surface area contributed by atoms with Crippen molar-refractivity contribution in [2.75, 3.05) is 45.9 Å². The lowest BCUT2D eigenvalue weighted by Crippen LogP contribution is -2.44. The van der Waals surface area contributed by atoms with Gasteiger partial charge in [0.1, 0.15) is 0 Å². The van der Waals surface area contributed by atoms with E-state index in [1.54, 1.807) is 0 Å². The van der Waals surface area contributed by atoms with Gasteiger partial charge in [-0.3, -0.25) is 0 Å². The van der Waals surface area contributed by atoms with E-state index in [2.05, 4.69) is 24.1 Å². The minimum atomic E-state index is -0.0391. The lowest BCUT2D eigenvalue weighted by Gasteiger charge is -2.26. The minimum absolute atomic E-state index is 0.0233. The first-order valence-electron chi connectivity index (χ1n) is 8.07. The predicted octanol–water partition coefficient (Wildman–Crippen LogP) is 0.560. The summed E-state index contributed by atoms with van der Waals surface area (Å²) in [5, 5.41) is 3.26. The summed E-state index contributed by atoms with van der Waals surface area (Å²) in [6.07, 6.45) is 3.29. The monoisotopic (exact) mass is 283 g/mol. The molecule has 2 fully saturated rings. The fraction of sp³-hybridized carbons (Fsp3) is 1.00. The first-order valence-corrected chi connectivity index (χ1v) is 8.07. The normalized spacial score (nSPS) is 33.1. The molecule has 5 nitrogen and oxygen atoms in total. The van der Waals surface area contributed by atoms with Gasteiger partial charge in [0.05, 0.1) is 0 Å². The Labute approximate surface area is 123 Å². The Morgan fingerprint density at radius 1 is 1.35 bits per heavy atom. The Kier molecular flexibility index (Phi) is 6.30. The maximum absolute atomic E-state index is 6.44. The highest BCUT2D eigenvalue weighted by molar-refractivity contribution is 6.44. The molecule has 0 aromatic rings. The minimum Gasteiger partial charge on any atom is -0.410 e. The van der Waals surface area contributed by atoms with E-state index in [9.17, 15) is 0 Å². The molecule has 6 heteroatoms. The van der Waals surface area contributed by atoms with Gasteiger partial charge in [0.2, 0.25) is 0 Å². The number of likely N-dealkylation sites (N-methyl/N-ethyl adjacent to an activating group) is 1. The zero-order chi connectivity index (χ0) is 14.4. The maximum atomic E-state index is 6.44. The van der Waals surface area contributed by atoms with Gasteiger partial charge in [0.25, 0.3) is 0 Å². The molecule has 0 amide bonds. The van der Waals surface area contributed by atoms with Gasteiger partial charge in [-0.1, -0.05) is 13.3 Å². The van der Waals surface area contributed by atoms with E-state index in [1.165, 1.54) is 6.42 Å². The van der Waals surface area contributed by atoms with Gasteiger partial charge in [0, 0.05) is 44.9 Å². The summed E-state index contributed by atoms with van der Waals surface area (Å²) >= 11 is 0. The number of rotatable bonds is 5. The molecule has 0 aromatic carbocycles. The summed E-state index contributed by atoms with van der Waals surface area (Å²) < 4.78 is 11.4. The summed E-state index contributed by atoms with van der Waals surface area (Å²) in [4.78, 5) is 2.46. The van der Waals surface area contributed by atoms with Crippen LogP contribution in [0.15, 0.2) is 0 Å². The van der Waals surface area contributed by atoms with Crippen LogP contribution in [0.2, 0.25) is 6.32 Å². The number of hydrogen-bond donors (Lipinski definition) is 2. The molecule has 3 N–H and O–H groups in total. The Hall–Kier alpha value is -0.135. The second-order valence-electron chi connectivity index (χ2n) is 6.38. The van der Waals surface area contributed by atoms with Gasteiger partial charge < -0.3 is 25.3 Å². The Morgan fingerprint density at radius 2 is 2.05 bits per heavy atom. The molecule has 2 atom stereocenters. The quantitative estimate of drug-likeness (QED) is 0.722. The third-order valence-electron chi connectivity index (χ3n) is 4.58. The fourth-order valence-corrected chi connectivity index (χ4v) is 3.25. The second kappa shape index (κ2) is 7.75. The third kappa shape index (κ3) is 4.70. The van der Waals surface area contributed by atoms with Crippen molar-refractivity contribution in [1.29, 1.82) is 0 Å². The molecule has 0 bridgehead atoms. The Morgan fingerprint density at radius 3 is 2.65 bits per heavy atom. The lowest BCUT2D eigenvalue weighted by atomic mass is 9.78. The number of hydrogen-bond acceptors (Lipinski definition) is 5. The van der Waals surface area contributed by atoms with Crippen molar-refractivity contribution in [3.8, 4) is 0 Å². The van der Waals surface area contributed by atoms with Crippen molar-refractivity contribution in [3.63, 3.8) is 0 Å². The second-order valence-corrected chi connectivity index (χ2v) is 6.38. The first kappa shape index (κ1) is 16.2. The smallest absolute Gasteiger partial charge is 0.410 e. The molecular weight excluding hydrogens is 253 g/mol. The van der Waals surface area contributed by atoms with Crippen LogP contribution in [0, 0.1) is 5.92 Å². The average molecular weight is 283 g/mol. The topological polar surface area (TPSA) is 59.8 Å². The number of nitrogens with one attached hydrogen (secondary N) is 1. The summed E-state index contributed by atoms with van der Waals surface area (Å²) in [6, 6.07) is 0. The predicted molar refractivity (Wildman–Crippen MR) is 82.8 cm³/mol. The largest absolute Gasteiger partial charge is 0.456 e. The van der Waals surface area contributed by atoms with E-state index in [4.69, 9.17) is 15.0 Å². The van der Waals surface area contributed by atoms with Crippen LogP contribution in [0.4, 0.5) is 0 Å². The van der Waals surface area contributed by atoms with Crippen molar-refractivity contribution in [1.82, 2.24) is 10.2 Å². The zero-order valence-electron chi connectivity index (χ0n) is 13.1. The maximum Gasteiger partial charge on any atom is 0.456 e. The average Bonchev–Trinajstić information content (AvgIpc) is 2.67. The van der Waals surface area contributed by atoms with Crippen LogP contribution >= 0.6 is 0 Å².